The Bertz CT molecular complexity index is 807. The number of hydrogen-bond donors (Lipinski definition) is 0. The quantitative estimate of drug-likeness (QED) is 0.486. The predicted octanol–water partition coefficient (Wildman–Crippen LogP) is 5.69. The van der Waals surface area contributed by atoms with Crippen molar-refractivity contribution in [3.8, 4) is 0 Å². The first-order valence-corrected chi connectivity index (χ1v) is 11.8. The molecule has 0 unspecified atom stereocenters. The standard InChI is InChI=1S/C18H19F3O3PS/c1-25(24-26(22,23)18(19,20)21)16(14-8-4-2-5-9-14)12-13-17(25)15-10-6-3-7-11-15/h2-11,16-17H,12-13H2,1H3/q+1/t16-,17-/m0/s1. The molecule has 1 saturated heterocycles. The first kappa shape index (κ1) is 19.3. The van der Waals surface area contributed by atoms with E-state index in [9.17, 15) is 21.6 Å². The zero-order valence-electron chi connectivity index (χ0n) is 14.1. The van der Waals surface area contributed by atoms with Crippen molar-refractivity contribution in [1.82, 2.24) is 0 Å². The number of alkyl halides is 3. The van der Waals surface area contributed by atoms with Crippen LogP contribution >= 0.6 is 7.49 Å². The van der Waals surface area contributed by atoms with E-state index in [1.165, 1.54) is 0 Å². The third-order valence-electron chi connectivity index (χ3n) is 4.86. The SMILES string of the molecule is C[P+]1(OS(=O)(=O)C(F)(F)F)[C@H](c2ccccc2)CC[C@H]1c1ccccc1. The van der Waals surface area contributed by atoms with E-state index >= 15 is 0 Å². The number of hydrogen-bond acceptors (Lipinski definition) is 3. The van der Waals surface area contributed by atoms with Crippen molar-refractivity contribution in [3.05, 3.63) is 71.8 Å². The molecule has 0 aromatic heterocycles. The van der Waals surface area contributed by atoms with Crippen molar-refractivity contribution in [2.45, 2.75) is 29.7 Å². The van der Waals surface area contributed by atoms with Crippen molar-refractivity contribution < 1.29 is 25.6 Å². The van der Waals surface area contributed by atoms with Crippen LogP contribution in [0.5, 0.6) is 0 Å². The molecule has 1 aliphatic rings. The van der Waals surface area contributed by atoms with E-state index in [1.54, 1.807) is 30.9 Å². The van der Waals surface area contributed by atoms with Crippen molar-refractivity contribution in [2.75, 3.05) is 6.66 Å². The third kappa shape index (κ3) is 3.53. The molecule has 140 valence electrons. The zero-order valence-corrected chi connectivity index (χ0v) is 15.8. The second kappa shape index (κ2) is 6.95. The molecular weight excluding hydrogens is 384 g/mol. The van der Waals surface area contributed by atoms with Gasteiger partial charge in [-0.25, -0.2) is 0 Å². The summed E-state index contributed by atoms with van der Waals surface area (Å²) in [6.45, 7) is 1.58. The molecule has 8 heteroatoms. The second-order valence-corrected chi connectivity index (χ2v) is 11.8. The van der Waals surface area contributed by atoms with Gasteiger partial charge in [0.1, 0.15) is 11.3 Å². The van der Waals surface area contributed by atoms with Crippen LogP contribution < -0.4 is 0 Å². The van der Waals surface area contributed by atoms with Crippen LogP contribution in [0, 0.1) is 0 Å². The van der Waals surface area contributed by atoms with E-state index in [-0.39, 0.29) is 11.3 Å². The molecule has 2 atom stereocenters. The average Bonchev–Trinajstić information content (AvgIpc) is 2.91. The van der Waals surface area contributed by atoms with Gasteiger partial charge in [0, 0.05) is 0 Å². The largest absolute Gasteiger partial charge is 0.526 e. The number of halogens is 3. The first-order valence-electron chi connectivity index (χ1n) is 8.13. The molecule has 1 aliphatic heterocycles. The van der Waals surface area contributed by atoms with E-state index in [4.69, 9.17) is 3.97 Å². The van der Waals surface area contributed by atoms with Crippen LogP contribution in [0.4, 0.5) is 13.2 Å². The highest BCUT2D eigenvalue weighted by Gasteiger charge is 2.64. The molecule has 2 aromatic rings. The minimum absolute atomic E-state index is 0.356. The topological polar surface area (TPSA) is 43.4 Å². The normalized spacial score (nSPS) is 23.1. The molecule has 2 aromatic carbocycles. The Morgan fingerprint density at radius 3 is 1.62 bits per heavy atom. The van der Waals surface area contributed by atoms with Crippen molar-refractivity contribution in [1.29, 1.82) is 0 Å². The highest BCUT2D eigenvalue weighted by Crippen LogP contribution is 2.84. The molecule has 0 spiro atoms. The summed E-state index contributed by atoms with van der Waals surface area (Å²) in [5, 5.41) is 0. The fourth-order valence-electron chi connectivity index (χ4n) is 3.68. The monoisotopic (exact) mass is 403 g/mol. The van der Waals surface area contributed by atoms with E-state index < -0.39 is 23.1 Å². The number of benzene rings is 2. The molecule has 3 rings (SSSR count). The highest BCUT2D eigenvalue weighted by molar-refractivity contribution is 7.94. The molecule has 3 nitrogen and oxygen atoms in total. The summed E-state index contributed by atoms with van der Waals surface area (Å²) in [4.78, 5) is 0. The summed E-state index contributed by atoms with van der Waals surface area (Å²) < 4.78 is 67.8. The van der Waals surface area contributed by atoms with Gasteiger partial charge < -0.3 is 0 Å². The fourth-order valence-corrected chi connectivity index (χ4v) is 9.83. The fraction of sp³-hybridized carbons (Fsp3) is 0.333. The van der Waals surface area contributed by atoms with Gasteiger partial charge in [-0.3, -0.25) is 0 Å². The smallest absolute Gasteiger partial charge is 0.186 e. The molecule has 0 N–H and O–H groups in total. The molecule has 1 heterocycles. The lowest BCUT2D eigenvalue weighted by molar-refractivity contribution is -0.0498. The molecule has 0 radical (unpaired) electrons. The molecule has 1 fully saturated rings. The van der Waals surface area contributed by atoms with Gasteiger partial charge in [-0.1, -0.05) is 60.7 Å². The van der Waals surface area contributed by atoms with E-state index in [0.29, 0.717) is 12.8 Å². The van der Waals surface area contributed by atoms with Crippen LogP contribution in [0.2, 0.25) is 0 Å². The summed E-state index contributed by atoms with van der Waals surface area (Å²) in [6, 6.07) is 18.1. The summed E-state index contributed by atoms with van der Waals surface area (Å²) in [5.74, 6) is 0. The maximum Gasteiger partial charge on any atom is 0.526 e. The maximum atomic E-state index is 13.0. The van der Waals surface area contributed by atoms with Gasteiger partial charge in [0.15, 0.2) is 7.49 Å². The van der Waals surface area contributed by atoms with Crippen LogP contribution in [-0.2, 0) is 14.1 Å². The van der Waals surface area contributed by atoms with Crippen LogP contribution in [0.1, 0.15) is 35.3 Å². The van der Waals surface area contributed by atoms with E-state index in [0.717, 1.165) is 11.1 Å². The Balaban J connectivity index is 2.07. The Hall–Kier alpha value is -1.43. The first-order chi connectivity index (χ1) is 12.2. The molecule has 0 amide bonds. The van der Waals surface area contributed by atoms with Gasteiger partial charge in [-0.2, -0.15) is 21.6 Å². The maximum absolute atomic E-state index is 13.0. The average molecular weight is 403 g/mol. The Morgan fingerprint density at radius 2 is 1.27 bits per heavy atom. The predicted molar refractivity (Wildman–Crippen MR) is 96.5 cm³/mol. The lowest BCUT2D eigenvalue weighted by atomic mass is 10.0. The minimum atomic E-state index is -5.67. The summed E-state index contributed by atoms with van der Waals surface area (Å²) >= 11 is 0. The molecule has 26 heavy (non-hydrogen) atoms. The van der Waals surface area contributed by atoms with Gasteiger partial charge in [0.05, 0.1) is 6.66 Å². The van der Waals surface area contributed by atoms with Gasteiger partial charge in [0.2, 0.25) is 0 Å². The van der Waals surface area contributed by atoms with Crippen LogP contribution in [0.15, 0.2) is 60.7 Å². The second-order valence-electron chi connectivity index (χ2n) is 6.46. The lowest BCUT2D eigenvalue weighted by Crippen LogP contribution is -2.27. The molecule has 0 bridgehead atoms. The summed E-state index contributed by atoms with van der Waals surface area (Å²) in [6.07, 6.45) is 1.17. The van der Waals surface area contributed by atoms with Crippen molar-refractivity contribution in [2.24, 2.45) is 0 Å². The Morgan fingerprint density at radius 1 is 0.885 bits per heavy atom. The van der Waals surface area contributed by atoms with Crippen LogP contribution in [0.25, 0.3) is 0 Å². The summed E-state index contributed by atoms with van der Waals surface area (Å²) in [7, 11) is -8.68. The van der Waals surface area contributed by atoms with Crippen LogP contribution in [0.3, 0.4) is 0 Å². The van der Waals surface area contributed by atoms with E-state index in [1.807, 2.05) is 36.4 Å². The summed E-state index contributed by atoms with van der Waals surface area (Å²) in [5.41, 5.74) is -4.50. The third-order valence-corrected chi connectivity index (χ3v) is 11.1. The van der Waals surface area contributed by atoms with E-state index in [2.05, 4.69) is 0 Å². The van der Waals surface area contributed by atoms with Gasteiger partial charge >= 0.3 is 15.6 Å². The van der Waals surface area contributed by atoms with Crippen LogP contribution in [-0.4, -0.2) is 20.6 Å². The molecule has 0 saturated carbocycles. The van der Waals surface area contributed by atoms with Crippen molar-refractivity contribution >= 4 is 17.6 Å². The Labute approximate surface area is 151 Å². The van der Waals surface area contributed by atoms with Gasteiger partial charge in [0.25, 0.3) is 0 Å². The molecular formula is C18H19F3O3PS+. The number of rotatable bonds is 4. The van der Waals surface area contributed by atoms with Crippen molar-refractivity contribution in [3.63, 3.8) is 0 Å². The zero-order chi connectivity index (χ0) is 19.0. The minimum Gasteiger partial charge on any atom is -0.186 e. The lowest BCUT2D eigenvalue weighted by Gasteiger charge is -2.28. The van der Waals surface area contributed by atoms with Gasteiger partial charge in [-0.05, 0) is 24.0 Å². The Kier molecular flexibility index (Phi) is 5.17. The molecule has 0 aliphatic carbocycles. The van der Waals surface area contributed by atoms with Gasteiger partial charge in [-0.15, -0.1) is 3.97 Å². The highest BCUT2D eigenvalue weighted by atomic mass is 32.2.